The number of hydrogen-bond acceptors (Lipinski definition) is 2. The SMILES string of the molecule is O=C(c1ccncc1)C1C=CC=CC1. The lowest BCUT2D eigenvalue weighted by molar-refractivity contribution is 0.0945. The summed E-state index contributed by atoms with van der Waals surface area (Å²) in [4.78, 5) is 15.8. The Morgan fingerprint density at radius 1 is 1.29 bits per heavy atom. The standard InChI is InChI=1S/C12H11NO/c14-12(10-4-2-1-3-5-10)11-6-8-13-9-7-11/h1-4,6-10H,5H2. The zero-order valence-corrected chi connectivity index (χ0v) is 7.76. The second-order valence-corrected chi connectivity index (χ2v) is 3.26. The van der Waals surface area contributed by atoms with Crippen molar-refractivity contribution in [1.82, 2.24) is 4.98 Å². The Hall–Kier alpha value is -1.70. The van der Waals surface area contributed by atoms with Crippen LogP contribution in [0.1, 0.15) is 16.8 Å². The predicted octanol–water partition coefficient (Wildman–Crippen LogP) is 2.40. The third-order valence-electron chi connectivity index (χ3n) is 2.28. The molecule has 1 aromatic heterocycles. The van der Waals surface area contributed by atoms with Crippen molar-refractivity contribution in [3.8, 4) is 0 Å². The van der Waals surface area contributed by atoms with Crippen LogP contribution >= 0.6 is 0 Å². The molecule has 0 saturated heterocycles. The molecule has 70 valence electrons. The molecule has 2 nitrogen and oxygen atoms in total. The first-order valence-corrected chi connectivity index (χ1v) is 4.65. The number of Topliss-reactive ketones (excluding diaryl/α,β-unsaturated/α-hetero) is 1. The van der Waals surface area contributed by atoms with E-state index < -0.39 is 0 Å². The van der Waals surface area contributed by atoms with Gasteiger partial charge in [0.2, 0.25) is 0 Å². The van der Waals surface area contributed by atoms with Crippen LogP contribution in [0.25, 0.3) is 0 Å². The third kappa shape index (κ3) is 1.79. The van der Waals surface area contributed by atoms with Crippen LogP contribution in [0.3, 0.4) is 0 Å². The molecule has 0 amide bonds. The van der Waals surface area contributed by atoms with Crippen molar-refractivity contribution in [2.24, 2.45) is 5.92 Å². The van der Waals surface area contributed by atoms with Crippen LogP contribution in [0.2, 0.25) is 0 Å². The molecular formula is C12H11NO. The quantitative estimate of drug-likeness (QED) is 0.662. The van der Waals surface area contributed by atoms with Gasteiger partial charge >= 0.3 is 0 Å². The summed E-state index contributed by atoms with van der Waals surface area (Å²) in [6.07, 6.45) is 12.0. The van der Waals surface area contributed by atoms with Crippen molar-refractivity contribution >= 4 is 5.78 Å². The summed E-state index contributed by atoms with van der Waals surface area (Å²) in [5.41, 5.74) is 0.741. The largest absolute Gasteiger partial charge is 0.294 e. The molecule has 1 heterocycles. The highest BCUT2D eigenvalue weighted by Crippen LogP contribution is 2.16. The monoisotopic (exact) mass is 185 g/mol. The van der Waals surface area contributed by atoms with E-state index in [1.165, 1.54) is 0 Å². The van der Waals surface area contributed by atoms with Crippen molar-refractivity contribution in [2.75, 3.05) is 0 Å². The average molecular weight is 185 g/mol. The molecule has 14 heavy (non-hydrogen) atoms. The molecule has 0 aromatic carbocycles. The highest BCUT2D eigenvalue weighted by molar-refractivity contribution is 5.99. The van der Waals surface area contributed by atoms with Gasteiger partial charge in [0.15, 0.2) is 5.78 Å². The Kier molecular flexibility index (Phi) is 2.54. The Morgan fingerprint density at radius 3 is 2.71 bits per heavy atom. The minimum atomic E-state index is 0.00222. The van der Waals surface area contributed by atoms with Gasteiger partial charge in [-0.25, -0.2) is 0 Å². The van der Waals surface area contributed by atoms with E-state index in [0.29, 0.717) is 0 Å². The zero-order valence-electron chi connectivity index (χ0n) is 7.76. The highest BCUT2D eigenvalue weighted by Gasteiger charge is 2.16. The fourth-order valence-corrected chi connectivity index (χ4v) is 1.51. The van der Waals surface area contributed by atoms with Gasteiger partial charge in [0.05, 0.1) is 0 Å². The van der Waals surface area contributed by atoms with Crippen LogP contribution in [0.4, 0.5) is 0 Å². The summed E-state index contributed by atoms with van der Waals surface area (Å²) in [6, 6.07) is 3.52. The molecule has 0 saturated carbocycles. The number of pyridine rings is 1. The topological polar surface area (TPSA) is 30.0 Å². The maximum atomic E-state index is 11.9. The molecule has 0 fully saturated rings. The van der Waals surface area contributed by atoms with Gasteiger partial charge in [-0.05, 0) is 18.6 Å². The molecule has 0 N–H and O–H groups in total. The number of ketones is 1. The molecule has 2 rings (SSSR count). The van der Waals surface area contributed by atoms with Gasteiger partial charge in [-0.1, -0.05) is 24.3 Å². The Labute approximate surface area is 83.0 Å². The summed E-state index contributed by atoms with van der Waals surface area (Å²) >= 11 is 0. The van der Waals surface area contributed by atoms with Crippen LogP contribution < -0.4 is 0 Å². The molecule has 1 aliphatic rings. The van der Waals surface area contributed by atoms with Crippen molar-refractivity contribution in [3.05, 3.63) is 54.4 Å². The molecule has 0 spiro atoms. The molecule has 1 atom stereocenters. The van der Waals surface area contributed by atoms with Gasteiger partial charge in [-0.2, -0.15) is 0 Å². The third-order valence-corrected chi connectivity index (χ3v) is 2.28. The first-order chi connectivity index (χ1) is 6.88. The molecular weight excluding hydrogens is 174 g/mol. The van der Waals surface area contributed by atoms with Crippen LogP contribution in [0.5, 0.6) is 0 Å². The molecule has 0 aliphatic heterocycles. The molecule has 2 heteroatoms. The van der Waals surface area contributed by atoms with Gasteiger partial charge in [0.25, 0.3) is 0 Å². The zero-order chi connectivity index (χ0) is 9.80. The molecule has 1 aromatic rings. The van der Waals surface area contributed by atoms with E-state index in [0.717, 1.165) is 12.0 Å². The van der Waals surface area contributed by atoms with Crippen molar-refractivity contribution in [2.45, 2.75) is 6.42 Å². The first kappa shape index (κ1) is 8.88. The van der Waals surface area contributed by atoms with E-state index in [2.05, 4.69) is 4.98 Å². The molecule has 0 radical (unpaired) electrons. The first-order valence-electron chi connectivity index (χ1n) is 4.65. The van der Waals surface area contributed by atoms with Crippen LogP contribution in [-0.4, -0.2) is 10.8 Å². The summed E-state index contributed by atoms with van der Waals surface area (Å²) in [5, 5.41) is 0. The second kappa shape index (κ2) is 4.01. The van der Waals surface area contributed by atoms with E-state index in [4.69, 9.17) is 0 Å². The van der Waals surface area contributed by atoms with Crippen LogP contribution in [0, 0.1) is 5.92 Å². The molecule has 1 aliphatic carbocycles. The van der Waals surface area contributed by atoms with E-state index in [1.807, 2.05) is 24.3 Å². The second-order valence-electron chi connectivity index (χ2n) is 3.26. The summed E-state index contributed by atoms with van der Waals surface area (Å²) in [7, 11) is 0. The van der Waals surface area contributed by atoms with Gasteiger partial charge in [-0.3, -0.25) is 9.78 Å². The van der Waals surface area contributed by atoms with Crippen molar-refractivity contribution < 1.29 is 4.79 Å². The van der Waals surface area contributed by atoms with E-state index in [9.17, 15) is 4.79 Å². The lowest BCUT2D eigenvalue weighted by Gasteiger charge is -2.10. The lowest BCUT2D eigenvalue weighted by atomic mass is 9.92. The van der Waals surface area contributed by atoms with E-state index in [-0.39, 0.29) is 11.7 Å². The number of hydrogen-bond donors (Lipinski definition) is 0. The predicted molar refractivity (Wildman–Crippen MR) is 55.0 cm³/mol. The molecule has 0 bridgehead atoms. The van der Waals surface area contributed by atoms with Gasteiger partial charge in [0, 0.05) is 23.9 Å². The maximum absolute atomic E-state index is 11.9. The summed E-state index contributed by atoms with van der Waals surface area (Å²) in [5.74, 6) is 0.176. The molecule has 1 unspecified atom stereocenters. The van der Waals surface area contributed by atoms with Gasteiger partial charge in [0.1, 0.15) is 0 Å². The number of aromatic nitrogens is 1. The summed E-state index contributed by atoms with van der Waals surface area (Å²) < 4.78 is 0. The number of allylic oxidation sites excluding steroid dienone is 4. The number of nitrogens with zero attached hydrogens (tertiary/aromatic N) is 1. The van der Waals surface area contributed by atoms with Crippen LogP contribution in [0.15, 0.2) is 48.8 Å². The van der Waals surface area contributed by atoms with Gasteiger partial charge < -0.3 is 0 Å². The smallest absolute Gasteiger partial charge is 0.170 e. The minimum absolute atomic E-state index is 0.00222. The van der Waals surface area contributed by atoms with Crippen molar-refractivity contribution in [3.63, 3.8) is 0 Å². The fraction of sp³-hybridized carbons (Fsp3) is 0.167. The van der Waals surface area contributed by atoms with Gasteiger partial charge in [-0.15, -0.1) is 0 Å². The summed E-state index contributed by atoms with van der Waals surface area (Å²) in [6.45, 7) is 0. The van der Waals surface area contributed by atoms with Crippen molar-refractivity contribution in [1.29, 1.82) is 0 Å². The number of carbonyl (C=O) groups excluding carboxylic acids is 1. The lowest BCUT2D eigenvalue weighted by Crippen LogP contribution is -2.12. The Balaban J connectivity index is 2.17. The van der Waals surface area contributed by atoms with E-state index in [1.54, 1.807) is 24.5 Å². The normalized spacial score (nSPS) is 19.6. The fourth-order valence-electron chi connectivity index (χ4n) is 1.51. The Bertz CT molecular complexity index is 379. The number of rotatable bonds is 2. The Morgan fingerprint density at radius 2 is 2.07 bits per heavy atom. The maximum Gasteiger partial charge on any atom is 0.170 e. The van der Waals surface area contributed by atoms with Crippen LogP contribution in [-0.2, 0) is 0 Å². The van der Waals surface area contributed by atoms with E-state index >= 15 is 0 Å². The minimum Gasteiger partial charge on any atom is -0.294 e. The number of carbonyl (C=O) groups is 1. The average Bonchev–Trinajstić information content (AvgIpc) is 2.30. The highest BCUT2D eigenvalue weighted by atomic mass is 16.1.